The van der Waals surface area contributed by atoms with Gasteiger partial charge >= 0.3 is 11.9 Å². The minimum absolute atomic E-state index is 0.0947. The van der Waals surface area contributed by atoms with Crippen molar-refractivity contribution in [1.29, 1.82) is 5.26 Å². The zero-order chi connectivity index (χ0) is 29.8. The number of carbonyl (C=O) groups is 2. The molecular weight excluding hydrogens is 568 g/mol. The van der Waals surface area contributed by atoms with Crippen molar-refractivity contribution in [3.8, 4) is 17.2 Å². The number of carbonyl (C=O) groups excluding carboxylic acids is 2. The molecular formula is C28H31ClN6O5S. The summed E-state index contributed by atoms with van der Waals surface area (Å²) in [4.78, 5) is 24.2. The molecule has 1 aromatic carbocycles. The smallest absolute Gasteiger partial charge is 0.354 e. The van der Waals surface area contributed by atoms with Crippen LogP contribution < -0.4 is 0 Å². The van der Waals surface area contributed by atoms with Crippen molar-refractivity contribution < 1.29 is 24.2 Å². The summed E-state index contributed by atoms with van der Waals surface area (Å²) in [5.74, 6) is 0.167. The van der Waals surface area contributed by atoms with Crippen LogP contribution in [0.5, 0.6) is 0 Å². The van der Waals surface area contributed by atoms with Gasteiger partial charge in [-0.3, -0.25) is 14.2 Å². The molecule has 3 heterocycles. The fraction of sp³-hybridized carbons (Fsp3) is 0.393. The van der Waals surface area contributed by atoms with Gasteiger partial charge in [-0.2, -0.15) is 15.5 Å². The number of halogens is 1. The Bertz CT molecular complexity index is 1660. The fourth-order valence-electron chi connectivity index (χ4n) is 5.03. The van der Waals surface area contributed by atoms with Crippen LogP contribution in [0.3, 0.4) is 0 Å². The lowest BCUT2D eigenvalue weighted by Gasteiger charge is -2.11. The van der Waals surface area contributed by atoms with Crippen LogP contribution in [0.4, 0.5) is 0 Å². The molecule has 0 aliphatic carbocycles. The van der Waals surface area contributed by atoms with Crippen LogP contribution in [-0.2, 0) is 59.9 Å². The van der Waals surface area contributed by atoms with Crippen molar-refractivity contribution in [3.05, 3.63) is 57.3 Å². The molecule has 13 heteroatoms. The summed E-state index contributed by atoms with van der Waals surface area (Å²) in [6.45, 7) is 1.47. The zero-order valence-corrected chi connectivity index (χ0v) is 25.1. The number of aryl methyl sites for hydroxylation is 4. The molecule has 0 saturated carbocycles. The molecule has 0 spiro atoms. The van der Waals surface area contributed by atoms with Crippen LogP contribution >= 0.6 is 23.4 Å². The number of nitrogens with zero attached hydrogens (tertiary/aromatic N) is 6. The number of hydrogen-bond donors (Lipinski definition) is 1. The molecule has 0 unspecified atom stereocenters. The maximum atomic E-state index is 13.0. The van der Waals surface area contributed by atoms with Gasteiger partial charge in [-0.05, 0) is 30.5 Å². The van der Waals surface area contributed by atoms with Gasteiger partial charge in [0.15, 0.2) is 0 Å². The largest absolute Gasteiger partial charge is 0.466 e. The second-order valence-corrected chi connectivity index (χ2v) is 10.8. The van der Waals surface area contributed by atoms with E-state index in [1.54, 1.807) is 48.2 Å². The summed E-state index contributed by atoms with van der Waals surface area (Å²) in [6.07, 6.45) is 0.960. The SMILES string of the molecule is COC(=O)c1c(CCCOC(C)=O)c2ccc(Cl)c(-c3c(CSCc4cc(CO)n(C)n4)nn(C)c3C#N)c2n1C. The molecule has 3 aromatic heterocycles. The highest BCUT2D eigenvalue weighted by atomic mass is 35.5. The van der Waals surface area contributed by atoms with Gasteiger partial charge in [0.1, 0.15) is 17.5 Å². The Kier molecular flexibility index (Phi) is 9.42. The van der Waals surface area contributed by atoms with E-state index in [1.165, 1.54) is 18.7 Å². The fourth-order valence-corrected chi connectivity index (χ4v) is 6.12. The van der Waals surface area contributed by atoms with Crippen LogP contribution in [0, 0.1) is 11.3 Å². The summed E-state index contributed by atoms with van der Waals surface area (Å²) < 4.78 is 15.2. The summed E-state index contributed by atoms with van der Waals surface area (Å²) >= 11 is 8.42. The molecule has 4 aromatic rings. The highest BCUT2D eigenvalue weighted by Crippen LogP contribution is 2.42. The molecule has 11 nitrogen and oxygen atoms in total. The Labute approximate surface area is 246 Å². The van der Waals surface area contributed by atoms with E-state index in [9.17, 15) is 20.0 Å². The standard InChI is InChI=1S/C28H31ClN6O5S/c1-16(37)40-10-6-7-19-20-8-9-21(29)24(26(20)33(2)27(19)28(38)39-5)25-22(32-35(4)23(25)12-30)15-41-14-17-11-18(13-36)34(3)31-17/h8-9,11,36H,6-7,10,13-15H2,1-5H3. The van der Waals surface area contributed by atoms with E-state index in [0.29, 0.717) is 63.1 Å². The van der Waals surface area contributed by atoms with Crippen molar-refractivity contribution in [2.45, 2.75) is 37.9 Å². The van der Waals surface area contributed by atoms with Crippen molar-refractivity contribution in [2.75, 3.05) is 13.7 Å². The van der Waals surface area contributed by atoms with Gasteiger partial charge in [0.05, 0.1) is 47.9 Å². The van der Waals surface area contributed by atoms with Crippen molar-refractivity contribution in [1.82, 2.24) is 24.1 Å². The summed E-state index contributed by atoms with van der Waals surface area (Å²) in [6, 6.07) is 7.73. The van der Waals surface area contributed by atoms with E-state index in [2.05, 4.69) is 16.3 Å². The highest BCUT2D eigenvalue weighted by Gasteiger charge is 2.28. The van der Waals surface area contributed by atoms with Gasteiger partial charge < -0.3 is 19.1 Å². The molecule has 0 atom stereocenters. The van der Waals surface area contributed by atoms with E-state index in [1.807, 2.05) is 12.1 Å². The van der Waals surface area contributed by atoms with Gasteiger partial charge in [-0.15, -0.1) is 11.8 Å². The van der Waals surface area contributed by atoms with Gasteiger partial charge in [0.2, 0.25) is 0 Å². The molecule has 1 N–H and O–H groups in total. The Balaban J connectivity index is 1.81. The second-order valence-electron chi connectivity index (χ2n) is 9.45. The number of rotatable bonds is 11. The molecule has 0 aliphatic heterocycles. The minimum Gasteiger partial charge on any atom is -0.466 e. The minimum atomic E-state index is -0.506. The lowest BCUT2D eigenvalue weighted by atomic mass is 9.98. The lowest BCUT2D eigenvalue weighted by molar-refractivity contribution is -0.141. The van der Waals surface area contributed by atoms with Crippen molar-refractivity contribution >= 4 is 46.2 Å². The number of ether oxygens (including phenoxy) is 2. The number of esters is 2. The molecule has 0 radical (unpaired) electrons. The molecule has 0 fully saturated rings. The first-order valence-electron chi connectivity index (χ1n) is 12.8. The van der Waals surface area contributed by atoms with E-state index in [0.717, 1.165) is 22.3 Å². The van der Waals surface area contributed by atoms with Crippen LogP contribution in [0.15, 0.2) is 18.2 Å². The first-order valence-corrected chi connectivity index (χ1v) is 14.3. The number of aliphatic hydroxyl groups is 1. The van der Waals surface area contributed by atoms with E-state index in [-0.39, 0.29) is 19.2 Å². The van der Waals surface area contributed by atoms with Crippen molar-refractivity contribution in [3.63, 3.8) is 0 Å². The number of aromatic nitrogens is 5. The molecule has 0 saturated heterocycles. The Morgan fingerprint density at radius 1 is 1.15 bits per heavy atom. The first-order chi connectivity index (χ1) is 19.6. The molecule has 216 valence electrons. The predicted molar refractivity (Wildman–Crippen MR) is 155 cm³/mol. The molecule has 0 aliphatic rings. The molecule has 4 rings (SSSR count). The monoisotopic (exact) mass is 598 g/mol. The maximum Gasteiger partial charge on any atom is 0.354 e. The van der Waals surface area contributed by atoms with Crippen LogP contribution in [0.1, 0.15) is 52.2 Å². The Hall–Kier alpha value is -3.79. The number of nitriles is 1. The Morgan fingerprint density at radius 2 is 1.90 bits per heavy atom. The van der Waals surface area contributed by atoms with E-state index >= 15 is 0 Å². The quantitative estimate of drug-likeness (QED) is 0.200. The zero-order valence-electron chi connectivity index (χ0n) is 23.5. The van der Waals surface area contributed by atoms with E-state index < -0.39 is 5.97 Å². The first kappa shape index (κ1) is 30.2. The second kappa shape index (κ2) is 12.8. The van der Waals surface area contributed by atoms with Gasteiger partial charge in [-0.25, -0.2) is 4.79 Å². The summed E-state index contributed by atoms with van der Waals surface area (Å²) in [5, 5.41) is 29.9. The number of methoxy groups -OCH3 is 1. The number of thioether (sulfide) groups is 1. The maximum absolute atomic E-state index is 13.0. The van der Waals surface area contributed by atoms with Gasteiger partial charge in [-0.1, -0.05) is 17.7 Å². The number of aliphatic hydroxyl groups excluding tert-OH is 1. The van der Waals surface area contributed by atoms with Gasteiger partial charge in [0.25, 0.3) is 0 Å². The lowest BCUT2D eigenvalue weighted by Crippen LogP contribution is -2.11. The normalized spacial score (nSPS) is 11.2. The van der Waals surface area contributed by atoms with Crippen molar-refractivity contribution in [2.24, 2.45) is 21.1 Å². The topological polar surface area (TPSA) is 137 Å². The highest BCUT2D eigenvalue weighted by molar-refractivity contribution is 7.97. The average Bonchev–Trinajstić information content (AvgIpc) is 3.56. The number of benzene rings is 1. The third kappa shape index (κ3) is 5.98. The third-order valence-corrected chi connectivity index (χ3v) is 8.11. The molecule has 0 bridgehead atoms. The Morgan fingerprint density at radius 3 is 2.54 bits per heavy atom. The number of fused-ring (bicyclic) bond motifs is 1. The van der Waals surface area contributed by atoms with Crippen LogP contribution in [-0.4, -0.2) is 54.9 Å². The average molecular weight is 599 g/mol. The molecule has 41 heavy (non-hydrogen) atoms. The third-order valence-electron chi connectivity index (χ3n) is 6.82. The molecule has 0 amide bonds. The predicted octanol–water partition coefficient (Wildman–Crippen LogP) is 4.05. The number of hydrogen-bond acceptors (Lipinski definition) is 9. The van der Waals surface area contributed by atoms with Crippen LogP contribution in [0.25, 0.3) is 22.0 Å². The van der Waals surface area contributed by atoms with Gasteiger partial charge in [0, 0.05) is 56.1 Å². The van der Waals surface area contributed by atoms with Crippen LogP contribution in [0.2, 0.25) is 5.02 Å². The van der Waals surface area contributed by atoms with E-state index in [4.69, 9.17) is 21.1 Å². The summed E-state index contributed by atoms with van der Waals surface area (Å²) in [5.41, 5.74) is 5.53. The summed E-state index contributed by atoms with van der Waals surface area (Å²) in [7, 11) is 6.58.